The molecule has 194 valence electrons. The predicted molar refractivity (Wildman–Crippen MR) is 151 cm³/mol. The minimum atomic E-state index is -2.96. The van der Waals surface area contributed by atoms with E-state index in [1.54, 1.807) is 14.2 Å². The zero-order valence-electron chi connectivity index (χ0n) is 21.3. The molecule has 2 heterocycles. The molecule has 5 rings (SSSR count). The molecule has 9 nitrogen and oxygen atoms in total. The molecule has 4 aromatic rings. The van der Waals surface area contributed by atoms with Gasteiger partial charge < -0.3 is 18.5 Å². The Kier molecular flexibility index (Phi) is 7.67. The summed E-state index contributed by atoms with van der Waals surface area (Å²) in [6.45, 7) is 0. The number of aromatic nitrogens is 1. The van der Waals surface area contributed by atoms with Crippen LogP contribution >= 0.6 is 19.0 Å². The van der Waals surface area contributed by atoms with Gasteiger partial charge in [0, 0.05) is 25.5 Å². The van der Waals surface area contributed by atoms with E-state index in [-0.39, 0.29) is 0 Å². The maximum atomic E-state index is 5.66. The molecule has 0 fully saturated rings. The molecule has 11 heteroatoms. The third kappa shape index (κ3) is 5.12. The lowest BCUT2D eigenvalue weighted by Crippen LogP contribution is -2.16. The molecule has 0 bridgehead atoms. The van der Waals surface area contributed by atoms with Gasteiger partial charge in [0.15, 0.2) is 16.5 Å². The Balaban J connectivity index is 1.81. The van der Waals surface area contributed by atoms with E-state index in [4.69, 9.17) is 33.3 Å². The number of rotatable bonds is 6. The number of para-hydroxylation sites is 2. The molecule has 38 heavy (non-hydrogen) atoms. The van der Waals surface area contributed by atoms with Gasteiger partial charge in [-0.15, -0.1) is 0 Å². The third-order valence-corrected chi connectivity index (χ3v) is 8.50. The summed E-state index contributed by atoms with van der Waals surface area (Å²) in [5, 5.41) is 0. The van der Waals surface area contributed by atoms with E-state index in [9.17, 15) is 0 Å². The molecule has 0 amide bonds. The number of nitrogens with zero attached hydrogens (tertiary/aromatic N) is 5. The summed E-state index contributed by atoms with van der Waals surface area (Å²) in [5.74, 6) is 2.25. The van der Waals surface area contributed by atoms with Crippen LogP contribution in [0.25, 0.3) is 5.69 Å². The van der Waals surface area contributed by atoms with Crippen molar-refractivity contribution in [2.75, 3.05) is 28.4 Å². The second kappa shape index (κ2) is 11.3. The Morgan fingerprint density at radius 2 is 1.47 bits per heavy atom. The van der Waals surface area contributed by atoms with Crippen molar-refractivity contribution in [1.82, 2.24) is 4.57 Å². The van der Waals surface area contributed by atoms with Crippen LogP contribution in [0.4, 0.5) is 11.5 Å². The number of hydrogen-bond acceptors (Lipinski definition) is 8. The van der Waals surface area contributed by atoms with Crippen molar-refractivity contribution in [2.45, 2.75) is 0 Å². The topological polar surface area (TPSA) is 91.3 Å². The van der Waals surface area contributed by atoms with Crippen LogP contribution in [-0.4, -0.2) is 44.7 Å². The van der Waals surface area contributed by atoms with Gasteiger partial charge in [0.1, 0.15) is 10.6 Å². The summed E-state index contributed by atoms with van der Waals surface area (Å²) in [4.78, 5) is 11.3. The lowest BCUT2D eigenvalue weighted by molar-refractivity contribution is 0.325. The van der Waals surface area contributed by atoms with Crippen LogP contribution in [0.3, 0.4) is 0 Å². The highest BCUT2D eigenvalue weighted by atomic mass is 32.1. The van der Waals surface area contributed by atoms with Crippen molar-refractivity contribution < 1.29 is 18.5 Å². The highest BCUT2D eigenvalue weighted by molar-refractivity contribution is 7.55. The Hall–Kier alpha value is -3.82. The minimum absolute atomic E-state index is 0.383. The number of hydrogen-bond donors (Lipinski definition) is 0. The molecule has 0 radical (unpaired) electrons. The first-order chi connectivity index (χ1) is 18.6. The SMILES string of the molecule is COC1=NP(OC)(OC)=Nc2c1sc(=NC(=Nc1ccccc1)c1ccc(OC)cc1)n2-c1ccccc1. The fraction of sp³-hybridized carbons (Fsp3) is 0.148. The van der Waals surface area contributed by atoms with Crippen LogP contribution in [0.5, 0.6) is 5.75 Å². The molecule has 0 saturated heterocycles. The van der Waals surface area contributed by atoms with E-state index in [1.165, 1.54) is 25.6 Å². The van der Waals surface area contributed by atoms with Crippen molar-refractivity contribution in [2.24, 2.45) is 19.5 Å². The number of methoxy groups -OCH3 is 2. The second-order valence-electron chi connectivity index (χ2n) is 7.88. The molecule has 3 aromatic carbocycles. The largest absolute Gasteiger partial charge is 0.497 e. The van der Waals surface area contributed by atoms with Gasteiger partial charge in [-0.2, -0.15) is 9.51 Å². The van der Waals surface area contributed by atoms with Gasteiger partial charge in [-0.3, -0.25) is 4.57 Å². The average molecular weight is 548 g/mol. The first-order valence-electron chi connectivity index (χ1n) is 11.6. The van der Waals surface area contributed by atoms with E-state index in [0.717, 1.165) is 22.7 Å². The van der Waals surface area contributed by atoms with Crippen LogP contribution in [0.15, 0.2) is 104 Å². The van der Waals surface area contributed by atoms with Crippen LogP contribution in [0.1, 0.15) is 10.4 Å². The van der Waals surface area contributed by atoms with Crippen LogP contribution < -0.4 is 9.54 Å². The van der Waals surface area contributed by atoms with Gasteiger partial charge in [-0.05, 0) is 48.5 Å². The molecule has 0 spiro atoms. The van der Waals surface area contributed by atoms with Gasteiger partial charge >= 0.3 is 7.66 Å². The van der Waals surface area contributed by atoms with Gasteiger partial charge in [0.25, 0.3) is 0 Å². The normalized spacial score (nSPS) is 14.9. The van der Waals surface area contributed by atoms with E-state index in [2.05, 4.69) is 4.76 Å². The Morgan fingerprint density at radius 3 is 2.08 bits per heavy atom. The number of benzene rings is 3. The number of amidine groups is 1. The molecule has 0 saturated carbocycles. The quantitative estimate of drug-likeness (QED) is 0.156. The summed E-state index contributed by atoms with van der Waals surface area (Å²) >= 11 is 1.40. The number of ether oxygens (including phenoxy) is 2. The molecular formula is C27H26N5O4PS. The zero-order valence-corrected chi connectivity index (χ0v) is 23.0. The van der Waals surface area contributed by atoms with Crippen molar-refractivity contribution in [3.63, 3.8) is 0 Å². The predicted octanol–water partition coefficient (Wildman–Crippen LogP) is 6.50. The van der Waals surface area contributed by atoms with Gasteiger partial charge in [-0.1, -0.05) is 47.7 Å². The molecule has 1 aromatic heterocycles. The molecule has 1 aliphatic rings. The van der Waals surface area contributed by atoms with Crippen molar-refractivity contribution in [3.8, 4) is 11.4 Å². The van der Waals surface area contributed by atoms with Gasteiger partial charge in [-0.25, -0.2) is 9.98 Å². The first-order valence-corrected chi connectivity index (χ1v) is 14.0. The second-order valence-corrected chi connectivity index (χ2v) is 11.0. The Labute approximate surface area is 224 Å². The number of aliphatic imine (C=N–C) groups is 1. The summed E-state index contributed by atoms with van der Waals surface area (Å²) in [6.07, 6.45) is 0. The summed E-state index contributed by atoms with van der Waals surface area (Å²) in [6, 6.07) is 27.2. The third-order valence-electron chi connectivity index (χ3n) is 5.66. The maximum absolute atomic E-state index is 5.66. The fourth-order valence-electron chi connectivity index (χ4n) is 3.77. The Morgan fingerprint density at radius 1 is 0.816 bits per heavy atom. The highest BCUT2D eigenvalue weighted by Gasteiger charge is 2.32. The van der Waals surface area contributed by atoms with E-state index in [0.29, 0.717) is 27.2 Å². The standard InChI is InChI=1S/C27H26N5O4PS/c1-33-22-17-15-19(16-18-22)24(28-20-11-7-5-8-12-20)29-27-32(21-13-9-6-10-14-21)25-23(38-27)26(34-2)31-37(30-25,35-3)36-4/h5-18H,1-4H3. The lowest BCUT2D eigenvalue weighted by Gasteiger charge is -2.20. The highest BCUT2D eigenvalue weighted by Crippen LogP contribution is 2.58. The zero-order chi connectivity index (χ0) is 26.5. The smallest absolute Gasteiger partial charge is 0.345 e. The summed E-state index contributed by atoms with van der Waals surface area (Å²) in [5.41, 5.74) is 2.47. The van der Waals surface area contributed by atoms with Crippen molar-refractivity contribution in [3.05, 3.63) is 100 Å². The molecule has 1 aliphatic heterocycles. The minimum Gasteiger partial charge on any atom is -0.497 e. The van der Waals surface area contributed by atoms with E-state index in [1.807, 2.05) is 89.5 Å². The maximum Gasteiger partial charge on any atom is 0.345 e. The van der Waals surface area contributed by atoms with Gasteiger partial charge in [0.2, 0.25) is 5.90 Å². The lowest BCUT2D eigenvalue weighted by atomic mass is 10.2. The Bertz CT molecular complexity index is 1600. The van der Waals surface area contributed by atoms with Crippen molar-refractivity contribution >= 4 is 42.2 Å². The molecule has 0 aliphatic carbocycles. The van der Waals surface area contributed by atoms with Gasteiger partial charge in [0.05, 0.1) is 19.9 Å². The number of thiazole rings is 1. The summed E-state index contributed by atoms with van der Waals surface area (Å²) in [7, 11) is 3.30. The van der Waals surface area contributed by atoms with Crippen molar-refractivity contribution in [1.29, 1.82) is 0 Å². The molecule has 0 unspecified atom stereocenters. The monoisotopic (exact) mass is 547 g/mol. The average Bonchev–Trinajstić information content (AvgIpc) is 3.34. The summed E-state index contributed by atoms with van der Waals surface area (Å²) < 4.78 is 33.7. The van der Waals surface area contributed by atoms with Crippen LogP contribution in [-0.2, 0) is 13.8 Å². The van der Waals surface area contributed by atoms with E-state index >= 15 is 0 Å². The van der Waals surface area contributed by atoms with Crippen LogP contribution in [0, 0.1) is 0 Å². The molecule has 0 atom stereocenters. The molecule has 0 N–H and O–H groups in total. The first kappa shape index (κ1) is 25.8. The fourth-order valence-corrected chi connectivity index (χ4v) is 6.31. The van der Waals surface area contributed by atoms with Crippen LogP contribution in [0.2, 0.25) is 0 Å². The molecular weight excluding hydrogens is 521 g/mol. The number of fused-ring (bicyclic) bond motifs is 1. The van der Waals surface area contributed by atoms with E-state index < -0.39 is 7.66 Å².